The van der Waals surface area contributed by atoms with Crippen molar-refractivity contribution in [3.8, 4) is 0 Å². The molecule has 1 aliphatic rings. The van der Waals surface area contributed by atoms with E-state index in [1.54, 1.807) is 11.8 Å². The van der Waals surface area contributed by atoms with Crippen molar-refractivity contribution in [3.05, 3.63) is 12.4 Å². The van der Waals surface area contributed by atoms with Gasteiger partial charge in [-0.05, 0) is 27.7 Å². The third-order valence-electron chi connectivity index (χ3n) is 2.35. The van der Waals surface area contributed by atoms with Crippen LogP contribution < -0.4 is 5.32 Å². The molecule has 0 fully saturated rings. The van der Waals surface area contributed by atoms with Gasteiger partial charge in [0.25, 0.3) is 0 Å². The van der Waals surface area contributed by atoms with Gasteiger partial charge >= 0.3 is 0 Å². The smallest absolute Gasteiger partial charge is 0.161 e. The molecular weight excluding hydrogens is 220 g/mol. The molecule has 88 valence electrons. The molecule has 0 saturated heterocycles. The number of aliphatic imine (C=N–C) groups is 1. The van der Waals surface area contributed by atoms with E-state index in [0.29, 0.717) is 6.04 Å². The highest BCUT2D eigenvalue weighted by Gasteiger charge is 2.25. The third-order valence-corrected chi connectivity index (χ3v) is 3.67. The van der Waals surface area contributed by atoms with Gasteiger partial charge in [0, 0.05) is 18.0 Å². The first kappa shape index (κ1) is 11.5. The Hall–Kier alpha value is -0.970. The number of nitrogens with one attached hydrogen (secondary N) is 1. The SMILES string of the molecule is CC(C)n1cc(NC2=NC(C)(C)CS2)cn1. The number of anilines is 1. The molecule has 16 heavy (non-hydrogen) atoms. The Morgan fingerprint density at radius 3 is 2.75 bits per heavy atom. The molecule has 0 amide bonds. The predicted octanol–water partition coefficient (Wildman–Crippen LogP) is 2.76. The summed E-state index contributed by atoms with van der Waals surface area (Å²) in [5.41, 5.74) is 1.07. The lowest BCUT2D eigenvalue weighted by Gasteiger charge is -2.09. The third kappa shape index (κ3) is 2.58. The quantitative estimate of drug-likeness (QED) is 0.861. The number of thioether (sulfide) groups is 1. The van der Waals surface area contributed by atoms with E-state index >= 15 is 0 Å². The molecule has 0 radical (unpaired) electrons. The van der Waals surface area contributed by atoms with Crippen molar-refractivity contribution in [2.75, 3.05) is 11.1 Å². The second-order valence-electron chi connectivity index (χ2n) is 4.95. The van der Waals surface area contributed by atoms with Crippen molar-refractivity contribution < 1.29 is 0 Å². The highest BCUT2D eigenvalue weighted by atomic mass is 32.2. The number of aromatic nitrogens is 2. The monoisotopic (exact) mass is 238 g/mol. The predicted molar refractivity (Wildman–Crippen MR) is 70.2 cm³/mol. The standard InChI is InChI=1S/C11H18N4S/c1-8(2)15-6-9(5-12-15)13-10-14-11(3,4)7-16-10/h5-6,8H,7H2,1-4H3,(H,13,14). The van der Waals surface area contributed by atoms with Crippen molar-refractivity contribution in [2.45, 2.75) is 39.3 Å². The molecule has 0 unspecified atom stereocenters. The van der Waals surface area contributed by atoms with Crippen LogP contribution in [-0.2, 0) is 0 Å². The summed E-state index contributed by atoms with van der Waals surface area (Å²) in [6.07, 6.45) is 3.85. The summed E-state index contributed by atoms with van der Waals surface area (Å²) in [5, 5.41) is 8.58. The highest BCUT2D eigenvalue weighted by molar-refractivity contribution is 8.14. The van der Waals surface area contributed by atoms with Gasteiger partial charge in [-0.1, -0.05) is 11.8 Å². The van der Waals surface area contributed by atoms with Crippen molar-refractivity contribution in [1.29, 1.82) is 0 Å². The van der Waals surface area contributed by atoms with Crippen LogP contribution in [0.15, 0.2) is 17.4 Å². The van der Waals surface area contributed by atoms with Crippen molar-refractivity contribution in [2.24, 2.45) is 4.99 Å². The molecule has 0 saturated carbocycles. The summed E-state index contributed by atoms with van der Waals surface area (Å²) in [6, 6.07) is 0.394. The van der Waals surface area contributed by atoms with Crippen molar-refractivity contribution >= 4 is 22.6 Å². The van der Waals surface area contributed by atoms with Crippen LogP contribution in [-0.4, -0.2) is 26.2 Å². The molecule has 5 heteroatoms. The first-order chi connectivity index (χ1) is 7.46. The van der Waals surface area contributed by atoms with Gasteiger partial charge in [0.15, 0.2) is 5.17 Å². The molecule has 0 aliphatic carbocycles. The minimum absolute atomic E-state index is 0.0566. The number of amidine groups is 1. The zero-order valence-electron chi connectivity index (χ0n) is 10.2. The Morgan fingerprint density at radius 1 is 1.50 bits per heavy atom. The minimum atomic E-state index is 0.0566. The van der Waals surface area contributed by atoms with E-state index in [1.165, 1.54) is 0 Å². The van der Waals surface area contributed by atoms with Crippen molar-refractivity contribution in [3.63, 3.8) is 0 Å². The zero-order chi connectivity index (χ0) is 11.8. The molecule has 1 aromatic rings. The van der Waals surface area contributed by atoms with Crippen LogP contribution in [0.25, 0.3) is 0 Å². The number of hydrogen-bond donors (Lipinski definition) is 1. The molecule has 1 aliphatic heterocycles. The Balaban J connectivity index is 2.05. The molecule has 0 aromatic carbocycles. The van der Waals surface area contributed by atoms with Crippen LogP contribution in [0.5, 0.6) is 0 Å². The van der Waals surface area contributed by atoms with Gasteiger partial charge in [-0.2, -0.15) is 5.10 Å². The van der Waals surface area contributed by atoms with Gasteiger partial charge in [0.1, 0.15) is 0 Å². The fourth-order valence-corrected chi connectivity index (χ4v) is 2.51. The molecule has 2 heterocycles. The number of hydrogen-bond acceptors (Lipinski definition) is 4. The zero-order valence-corrected chi connectivity index (χ0v) is 11.0. The van der Waals surface area contributed by atoms with E-state index in [0.717, 1.165) is 16.6 Å². The van der Waals surface area contributed by atoms with Crippen molar-refractivity contribution in [1.82, 2.24) is 9.78 Å². The average molecular weight is 238 g/mol. The normalized spacial score (nSPS) is 18.9. The second kappa shape index (κ2) is 4.13. The Labute approximate surface area is 101 Å². The maximum atomic E-state index is 4.60. The average Bonchev–Trinajstić information content (AvgIpc) is 2.73. The fraction of sp³-hybridized carbons (Fsp3) is 0.636. The molecule has 4 nitrogen and oxygen atoms in total. The molecular formula is C11H18N4S. The van der Waals surface area contributed by atoms with Crippen LogP contribution >= 0.6 is 11.8 Å². The fourth-order valence-electron chi connectivity index (χ4n) is 1.46. The van der Waals surface area contributed by atoms with E-state index in [-0.39, 0.29) is 5.54 Å². The lowest BCUT2D eigenvalue weighted by molar-refractivity contribution is 0.532. The molecule has 0 bridgehead atoms. The number of rotatable bonds is 2. The first-order valence-electron chi connectivity index (χ1n) is 5.50. The summed E-state index contributed by atoms with van der Waals surface area (Å²) in [7, 11) is 0. The van der Waals surface area contributed by atoms with Gasteiger partial charge in [-0.25, -0.2) is 0 Å². The largest absolute Gasteiger partial charge is 0.332 e. The van der Waals surface area contributed by atoms with Gasteiger partial charge in [0.2, 0.25) is 0 Å². The van der Waals surface area contributed by atoms with Crippen LogP contribution in [0.3, 0.4) is 0 Å². The van der Waals surface area contributed by atoms with E-state index in [2.05, 4.69) is 43.1 Å². The topological polar surface area (TPSA) is 42.2 Å². The summed E-state index contributed by atoms with van der Waals surface area (Å²) in [5.74, 6) is 1.04. The number of nitrogens with zero attached hydrogens (tertiary/aromatic N) is 3. The van der Waals surface area contributed by atoms with Gasteiger partial charge < -0.3 is 5.32 Å². The Morgan fingerprint density at radius 2 is 2.25 bits per heavy atom. The van der Waals surface area contributed by atoms with Crippen LogP contribution in [0.4, 0.5) is 5.69 Å². The summed E-state index contributed by atoms with van der Waals surface area (Å²) in [4.78, 5) is 4.60. The van der Waals surface area contributed by atoms with E-state index in [4.69, 9.17) is 0 Å². The van der Waals surface area contributed by atoms with E-state index in [9.17, 15) is 0 Å². The van der Waals surface area contributed by atoms with Gasteiger partial charge in [0.05, 0.1) is 17.4 Å². The van der Waals surface area contributed by atoms with Crippen LogP contribution in [0.1, 0.15) is 33.7 Å². The Bertz CT molecular complexity index is 406. The van der Waals surface area contributed by atoms with Crippen LogP contribution in [0, 0.1) is 0 Å². The maximum absolute atomic E-state index is 4.60. The van der Waals surface area contributed by atoms with Gasteiger partial charge in [-0.3, -0.25) is 9.67 Å². The molecule has 2 rings (SSSR count). The summed E-state index contributed by atoms with van der Waals surface area (Å²) in [6.45, 7) is 8.52. The molecule has 1 aromatic heterocycles. The highest BCUT2D eigenvalue weighted by Crippen LogP contribution is 2.27. The van der Waals surface area contributed by atoms with E-state index in [1.807, 2.05) is 17.1 Å². The second-order valence-corrected chi connectivity index (χ2v) is 5.91. The lowest BCUT2D eigenvalue weighted by atomic mass is 10.1. The lowest BCUT2D eigenvalue weighted by Crippen LogP contribution is -2.15. The van der Waals surface area contributed by atoms with E-state index < -0.39 is 0 Å². The van der Waals surface area contributed by atoms with Gasteiger partial charge in [-0.15, -0.1) is 0 Å². The first-order valence-corrected chi connectivity index (χ1v) is 6.49. The summed E-state index contributed by atoms with van der Waals surface area (Å²) >= 11 is 1.76. The Kier molecular flexibility index (Phi) is 2.97. The molecule has 0 spiro atoms. The minimum Gasteiger partial charge on any atom is -0.332 e. The summed E-state index contributed by atoms with van der Waals surface area (Å²) < 4.78 is 1.94. The van der Waals surface area contributed by atoms with Crippen LogP contribution in [0.2, 0.25) is 0 Å². The molecule has 1 N–H and O–H groups in total. The maximum Gasteiger partial charge on any atom is 0.161 e. The molecule has 0 atom stereocenters.